The summed E-state index contributed by atoms with van der Waals surface area (Å²) in [7, 11) is 0. The van der Waals surface area contributed by atoms with Crippen molar-refractivity contribution in [2.45, 2.75) is 65.1 Å². The van der Waals surface area contributed by atoms with E-state index in [4.69, 9.17) is 0 Å². The molecule has 7 heteroatoms. The van der Waals surface area contributed by atoms with Crippen LogP contribution < -0.4 is 5.32 Å². The summed E-state index contributed by atoms with van der Waals surface area (Å²) >= 11 is 0. The smallest absolute Gasteiger partial charge is 0.222 e. The minimum atomic E-state index is -0.110. The fourth-order valence-corrected chi connectivity index (χ4v) is 3.40. The molecule has 1 aromatic carbocycles. The number of amides is 2. The van der Waals surface area contributed by atoms with Crippen LogP contribution in [0.15, 0.2) is 30.3 Å². The number of fused-ring (bicyclic) bond motifs is 1. The lowest BCUT2D eigenvalue weighted by Crippen LogP contribution is -2.36. The van der Waals surface area contributed by atoms with Crippen LogP contribution in [-0.4, -0.2) is 38.0 Å². The van der Waals surface area contributed by atoms with Crippen molar-refractivity contribution in [2.75, 3.05) is 6.54 Å². The normalized spacial score (nSPS) is 15.9. The predicted octanol–water partition coefficient (Wildman–Crippen LogP) is 2.79. The third-order valence-electron chi connectivity index (χ3n) is 5.01. The van der Waals surface area contributed by atoms with E-state index in [0.29, 0.717) is 13.1 Å². The van der Waals surface area contributed by atoms with Gasteiger partial charge in [0, 0.05) is 38.9 Å². The Kier molecular flexibility index (Phi) is 6.44. The van der Waals surface area contributed by atoms with E-state index in [2.05, 4.69) is 29.2 Å². The van der Waals surface area contributed by atoms with Gasteiger partial charge < -0.3 is 10.2 Å². The monoisotopic (exact) mass is 383 g/mol. The summed E-state index contributed by atoms with van der Waals surface area (Å²) in [6.45, 7) is 7.43. The van der Waals surface area contributed by atoms with E-state index in [9.17, 15) is 9.59 Å². The van der Waals surface area contributed by atoms with E-state index in [-0.39, 0.29) is 30.2 Å². The third-order valence-corrected chi connectivity index (χ3v) is 5.01. The van der Waals surface area contributed by atoms with Gasteiger partial charge in [-0.3, -0.25) is 9.59 Å². The summed E-state index contributed by atoms with van der Waals surface area (Å²) in [6, 6.07) is 9.70. The van der Waals surface area contributed by atoms with Crippen LogP contribution in [-0.2, 0) is 22.7 Å². The molecule has 1 aliphatic heterocycles. The first kappa shape index (κ1) is 20.0. The van der Waals surface area contributed by atoms with Crippen molar-refractivity contribution in [3.63, 3.8) is 0 Å². The Morgan fingerprint density at radius 3 is 2.71 bits per heavy atom. The summed E-state index contributed by atoms with van der Waals surface area (Å²) in [4.78, 5) is 30.8. The van der Waals surface area contributed by atoms with Crippen LogP contribution in [0.1, 0.15) is 69.2 Å². The Hall–Kier alpha value is -2.70. The Morgan fingerprint density at radius 2 is 2.04 bits per heavy atom. The summed E-state index contributed by atoms with van der Waals surface area (Å²) in [5.74, 6) is 1.83. The SMILES string of the molecule is CC(=O)N(CCC(=O)N[C@@H]1CCCn2nc(C(C)C)nc21)Cc1ccccc1. The second-order valence-corrected chi connectivity index (χ2v) is 7.64. The van der Waals surface area contributed by atoms with Gasteiger partial charge in [-0.15, -0.1) is 0 Å². The number of hydrogen-bond acceptors (Lipinski definition) is 4. The molecule has 150 valence electrons. The van der Waals surface area contributed by atoms with Gasteiger partial charge in [-0.2, -0.15) is 5.10 Å². The Bertz CT molecular complexity index is 815. The Balaban J connectivity index is 1.57. The van der Waals surface area contributed by atoms with Crippen molar-refractivity contribution < 1.29 is 9.59 Å². The highest BCUT2D eigenvalue weighted by atomic mass is 16.2. The van der Waals surface area contributed by atoms with E-state index < -0.39 is 0 Å². The third kappa shape index (κ3) is 4.97. The maximum atomic E-state index is 12.5. The molecule has 0 bridgehead atoms. The zero-order valence-corrected chi connectivity index (χ0v) is 16.9. The highest BCUT2D eigenvalue weighted by Crippen LogP contribution is 2.25. The molecular weight excluding hydrogens is 354 g/mol. The number of carbonyl (C=O) groups is 2. The summed E-state index contributed by atoms with van der Waals surface area (Å²) in [5, 5.41) is 7.64. The first-order valence-electron chi connectivity index (χ1n) is 9.97. The molecule has 1 atom stereocenters. The Labute approximate surface area is 166 Å². The van der Waals surface area contributed by atoms with Crippen LogP contribution in [0.25, 0.3) is 0 Å². The molecule has 0 spiro atoms. The molecule has 0 saturated carbocycles. The topological polar surface area (TPSA) is 80.1 Å². The van der Waals surface area contributed by atoms with Crippen LogP contribution >= 0.6 is 0 Å². The van der Waals surface area contributed by atoms with Crippen LogP contribution in [0.3, 0.4) is 0 Å². The quantitative estimate of drug-likeness (QED) is 0.797. The van der Waals surface area contributed by atoms with Crippen LogP contribution in [0, 0.1) is 0 Å². The molecule has 0 unspecified atom stereocenters. The minimum Gasteiger partial charge on any atom is -0.346 e. The van der Waals surface area contributed by atoms with Gasteiger partial charge in [0.2, 0.25) is 11.8 Å². The van der Waals surface area contributed by atoms with Gasteiger partial charge >= 0.3 is 0 Å². The van der Waals surface area contributed by atoms with Crippen molar-refractivity contribution in [1.82, 2.24) is 25.0 Å². The first-order chi connectivity index (χ1) is 13.4. The van der Waals surface area contributed by atoms with Gasteiger partial charge in [0.15, 0.2) is 5.82 Å². The molecule has 2 aromatic rings. The first-order valence-corrected chi connectivity index (χ1v) is 9.97. The summed E-state index contributed by atoms with van der Waals surface area (Å²) in [5.41, 5.74) is 1.06. The second kappa shape index (κ2) is 8.99. The zero-order chi connectivity index (χ0) is 20.1. The molecule has 3 rings (SSSR count). The van der Waals surface area contributed by atoms with Crippen molar-refractivity contribution >= 4 is 11.8 Å². The van der Waals surface area contributed by atoms with Gasteiger partial charge in [-0.05, 0) is 18.4 Å². The molecule has 0 aliphatic carbocycles. The van der Waals surface area contributed by atoms with Crippen LogP contribution in [0.5, 0.6) is 0 Å². The molecule has 7 nitrogen and oxygen atoms in total. The fourth-order valence-electron chi connectivity index (χ4n) is 3.40. The van der Waals surface area contributed by atoms with E-state index >= 15 is 0 Å². The maximum absolute atomic E-state index is 12.5. The molecule has 0 saturated heterocycles. The summed E-state index contributed by atoms with van der Waals surface area (Å²) in [6.07, 6.45) is 2.10. The van der Waals surface area contributed by atoms with Crippen LogP contribution in [0.4, 0.5) is 0 Å². The molecule has 0 fully saturated rings. The lowest BCUT2D eigenvalue weighted by molar-refractivity contribution is -0.130. The van der Waals surface area contributed by atoms with E-state index in [1.165, 1.54) is 6.92 Å². The zero-order valence-electron chi connectivity index (χ0n) is 16.9. The average Bonchev–Trinajstić information content (AvgIpc) is 3.11. The summed E-state index contributed by atoms with van der Waals surface area (Å²) < 4.78 is 1.92. The predicted molar refractivity (Wildman–Crippen MR) is 106 cm³/mol. The lowest BCUT2D eigenvalue weighted by Gasteiger charge is -2.24. The van der Waals surface area contributed by atoms with Gasteiger partial charge in [0.1, 0.15) is 5.82 Å². The van der Waals surface area contributed by atoms with Crippen molar-refractivity contribution in [1.29, 1.82) is 0 Å². The molecule has 2 heterocycles. The average molecular weight is 383 g/mol. The molecule has 1 N–H and O–H groups in total. The maximum Gasteiger partial charge on any atom is 0.222 e. The number of aromatic nitrogens is 3. The van der Waals surface area contributed by atoms with Crippen molar-refractivity contribution in [3.05, 3.63) is 47.5 Å². The van der Waals surface area contributed by atoms with Gasteiger partial charge in [-0.25, -0.2) is 9.67 Å². The van der Waals surface area contributed by atoms with E-state index in [1.54, 1.807) is 4.90 Å². The van der Waals surface area contributed by atoms with Crippen LogP contribution in [0.2, 0.25) is 0 Å². The van der Waals surface area contributed by atoms with E-state index in [0.717, 1.165) is 36.6 Å². The van der Waals surface area contributed by atoms with Gasteiger partial charge in [-0.1, -0.05) is 44.2 Å². The number of benzene rings is 1. The number of aryl methyl sites for hydroxylation is 1. The highest BCUT2D eigenvalue weighted by molar-refractivity contribution is 5.78. The molecule has 2 amide bonds. The number of rotatable bonds is 7. The standard InChI is InChI=1S/C21H29N5O2/c1-15(2)20-23-21-18(10-7-12-26(21)24-20)22-19(28)11-13-25(16(3)27)14-17-8-5-4-6-9-17/h4-6,8-9,15,18H,7,10-14H2,1-3H3,(H,22,28)/t18-/m1/s1. The number of carbonyl (C=O) groups excluding carboxylic acids is 2. The number of nitrogens with zero attached hydrogens (tertiary/aromatic N) is 4. The van der Waals surface area contributed by atoms with Gasteiger partial charge in [0.05, 0.1) is 6.04 Å². The minimum absolute atomic E-state index is 0.0318. The lowest BCUT2D eigenvalue weighted by atomic mass is 10.1. The molecular formula is C21H29N5O2. The largest absolute Gasteiger partial charge is 0.346 e. The Morgan fingerprint density at radius 1 is 1.29 bits per heavy atom. The molecule has 1 aromatic heterocycles. The second-order valence-electron chi connectivity index (χ2n) is 7.64. The van der Waals surface area contributed by atoms with E-state index in [1.807, 2.05) is 35.0 Å². The van der Waals surface area contributed by atoms with Crippen molar-refractivity contribution in [3.8, 4) is 0 Å². The fraction of sp³-hybridized carbons (Fsp3) is 0.524. The number of hydrogen-bond donors (Lipinski definition) is 1. The van der Waals surface area contributed by atoms with Crippen molar-refractivity contribution in [2.24, 2.45) is 0 Å². The highest BCUT2D eigenvalue weighted by Gasteiger charge is 2.26. The number of nitrogens with one attached hydrogen (secondary N) is 1. The molecule has 0 radical (unpaired) electrons. The molecule has 28 heavy (non-hydrogen) atoms. The van der Waals surface area contributed by atoms with Gasteiger partial charge in [0.25, 0.3) is 0 Å². The molecule has 1 aliphatic rings.